The van der Waals surface area contributed by atoms with Crippen LogP contribution in [0.15, 0.2) is 97.2 Å². The lowest BCUT2D eigenvalue weighted by atomic mass is 9.96. The Morgan fingerprint density at radius 2 is 1.78 bits per heavy atom. The van der Waals surface area contributed by atoms with Gasteiger partial charge in [-0.3, -0.25) is 9.78 Å². The number of fused-ring (bicyclic) bond motifs is 1. The molecular weight excluding hydrogens is 550 g/mol. The fourth-order valence-corrected chi connectivity index (χ4v) is 6.37. The third-order valence-electron chi connectivity index (χ3n) is 7.70. The van der Waals surface area contributed by atoms with Crippen LogP contribution in [0, 0.1) is 13.8 Å². The molecule has 0 unspecified atom stereocenters. The Balaban J connectivity index is 1.31. The van der Waals surface area contributed by atoms with E-state index in [4.69, 9.17) is 23.8 Å². The first-order valence-corrected chi connectivity index (χ1v) is 14.4. The maximum atomic E-state index is 13.2. The predicted molar refractivity (Wildman–Crippen MR) is 170 cm³/mol. The summed E-state index contributed by atoms with van der Waals surface area (Å²) in [6.45, 7) is 4.67. The summed E-state index contributed by atoms with van der Waals surface area (Å²) in [7, 11) is 0. The number of aryl methyl sites for hydroxylation is 1. The van der Waals surface area contributed by atoms with E-state index < -0.39 is 0 Å². The van der Waals surface area contributed by atoms with E-state index in [0.717, 1.165) is 44.8 Å². The van der Waals surface area contributed by atoms with Crippen LogP contribution in [0.2, 0.25) is 5.02 Å². The highest BCUT2D eigenvalue weighted by Crippen LogP contribution is 2.41. The standard InChI is InChI=1S/C33H30ClN5OS/c1-21-19-27(22(2)39(21)25-12-8-11-24(34)20-25)32-31(29-14-5-6-17-35-29)37-33(41)38(32)18-16-30(40)36-28-15-7-10-23-9-3-4-13-26(23)28/h3-15,17,19-20,31-32H,16,18H2,1-2H3,(H,36,40)(H,37,41)/t31-,32-/m0/s1. The maximum Gasteiger partial charge on any atom is 0.226 e. The molecule has 6 rings (SSSR count). The van der Waals surface area contributed by atoms with Crippen LogP contribution in [-0.4, -0.2) is 32.0 Å². The molecule has 1 amide bonds. The van der Waals surface area contributed by atoms with Gasteiger partial charge in [0.05, 0.1) is 17.8 Å². The number of hydrogen-bond acceptors (Lipinski definition) is 3. The molecule has 0 saturated carbocycles. The molecule has 1 saturated heterocycles. The van der Waals surface area contributed by atoms with Crippen LogP contribution in [0.1, 0.15) is 41.1 Å². The number of carbonyl (C=O) groups excluding carboxylic acids is 1. The summed E-state index contributed by atoms with van der Waals surface area (Å²) in [5, 5.41) is 10.0. The Kier molecular flexibility index (Phi) is 7.47. The zero-order valence-corrected chi connectivity index (χ0v) is 24.4. The van der Waals surface area contributed by atoms with Gasteiger partial charge in [0.2, 0.25) is 5.91 Å². The highest BCUT2D eigenvalue weighted by atomic mass is 35.5. The molecule has 6 nitrogen and oxygen atoms in total. The number of halogens is 1. The number of anilines is 1. The van der Waals surface area contributed by atoms with E-state index in [1.807, 2.05) is 78.9 Å². The fourth-order valence-electron chi connectivity index (χ4n) is 5.85. The quantitative estimate of drug-likeness (QED) is 0.198. The highest BCUT2D eigenvalue weighted by molar-refractivity contribution is 7.80. The number of rotatable bonds is 7. The van der Waals surface area contributed by atoms with Crippen molar-refractivity contribution in [3.8, 4) is 5.69 Å². The van der Waals surface area contributed by atoms with E-state index in [2.05, 4.69) is 51.1 Å². The van der Waals surface area contributed by atoms with E-state index >= 15 is 0 Å². The number of benzene rings is 3. The molecule has 2 atom stereocenters. The molecule has 2 N–H and O–H groups in total. The van der Waals surface area contributed by atoms with Gasteiger partial charge in [-0.1, -0.05) is 60.1 Å². The summed E-state index contributed by atoms with van der Waals surface area (Å²) in [6, 6.07) is 29.6. The SMILES string of the molecule is Cc1cc([C@H]2[C@H](c3ccccn3)NC(=S)N2CCC(=O)Nc2cccc3ccccc23)c(C)n1-c1cccc(Cl)c1. The molecular formula is C33H30ClN5OS. The average Bonchev–Trinajstić information content (AvgIpc) is 3.46. The lowest BCUT2D eigenvalue weighted by Gasteiger charge is -2.28. The van der Waals surface area contributed by atoms with Crippen LogP contribution in [0.3, 0.4) is 0 Å². The monoisotopic (exact) mass is 579 g/mol. The first-order chi connectivity index (χ1) is 19.9. The zero-order valence-electron chi connectivity index (χ0n) is 22.8. The summed E-state index contributed by atoms with van der Waals surface area (Å²) in [4.78, 5) is 20.0. The van der Waals surface area contributed by atoms with E-state index in [1.165, 1.54) is 0 Å². The van der Waals surface area contributed by atoms with Crippen molar-refractivity contribution in [2.45, 2.75) is 32.4 Å². The van der Waals surface area contributed by atoms with Crippen molar-refractivity contribution in [1.29, 1.82) is 0 Å². The summed E-state index contributed by atoms with van der Waals surface area (Å²) in [5.41, 5.74) is 6.01. The first kappa shape index (κ1) is 27.0. The molecule has 2 aromatic heterocycles. The van der Waals surface area contributed by atoms with Gasteiger partial charge in [0, 0.05) is 52.3 Å². The number of hydrogen-bond donors (Lipinski definition) is 2. The second-order valence-corrected chi connectivity index (χ2v) is 11.1. The Morgan fingerprint density at radius 1 is 1.00 bits per heavy atom. The lowest BCUT2D eigenvalue weighted by Crippen LogP contribution is -2.33. The largest absolute Gasteiger partial charge is 0.352 e. The van der Waals surface area contributed by atoms with Gasteiger partial charge in [0.1, 0.15) is 0 Å². The number of nitrogens with zero attached hydrogens (tertiary/aromatic N) is 3. The predicted octanol–water partition coefficient (Wildman–Crippen LogP) is 7.30. The van der Waals surface area contributed by atoms with Gasteiger partial charge in [-0.25, -0.2) is 0 Å². The zero-order chi connectivity index (χ0) is 28.5. The number of aromatic nitrogens is 2. The molecule has 206 valence electrons. The fraction of sp³-hybridized carbons (Fsp3) is 0.182. The number of amides is 1. The Hall–Kier alpha value is -4.20. The van der Waals surface area contributed by atoms with Gasteiger partial charge in [0.25, 0.3) is 0 Å². The van der Waals surface area contributed by atoms with Gasteiger partial charge in [-0.05, 0) is 79.5 Å². The summed E-state index contributed by atoms with van der Waals surface area (Å²) in [5.74, 6) is -0.0615. The van der Waals surface area contributed by atoms with Crippen molar-refractivity contribution in [2.24, 2.45) is 0 Å². The Morgan fingerprint density at radius 3 is 2.59 bits per heavy atom. The minimum absolute atomic E-state index is 0.0615. The van der Waals surface area contributed by atoms with Crippen molar-refractivity contribution < 1.29 is 4.79 Å². The van der Waals surface area contributed by atoms with E-state index in [9.17, 15) is 4.79 Å². The summed E-state index contributed by atoms with van der Waals surface area (Å²) >= 11 is 12.2. The molecule has 1 aliphatic heterocycles. The van der Waals surface area contributed by atoms with Gasteiger partial charge >= 0.3 is 0 Å². The minimum atomic E-state index is -0.168. The van der Waals surface area contributed by atoms with E-state index in [0.29, 0.717) is 16.7 Å². The van der Waals surface area contributed by atoms with Crippen LogP contribution < -0.4 is 10.6 Å². The Labute approximate surface area is 250 Å². The number of thiocarbonyl (C=S) groups is 1. The average molecular weight is 580 g/mol. The first-order valence-electron chi connectivity index (χ1n) is 13.6. The summed E-state index contributed by atoms with van der Waals surface area (Å²) in [6.07, 6.45) is 2.08. The summed E-state index contributed by atoms with van der Waals surface area (Å²) < 4.78 is 2.21. The third kappa shape index (κ3) is 5.31. The molecule has 3 heterocycles. The molecule has 8 heteroatoms. The second kappa shape index (κ2) is 11.4. The van der Waals surface area contributed by atoms with Crippen molar-refractivity contribution in [1.82, 2.24) is 19.8 Å². The number of nitrogens with one attached hydrogen (secondary N) is 2. The van der Waals surface area contributed by atoms with Crippen LogP contribution in [0.5, 0.6) is 0 Å². The molecule has 0 bridgehead atoms. The van der Waals surface area contributed by atoms with Gasteiger partial charge in [-0.15, -0.1) is 0 Å². The van der Waals surface area contributed by atoms with E-state index in [-0.39, 0.29) is 24.4 Å². The molecule has 3 aromatic carbocycles. The highest BCUT2D eigenvalue weighted by Gasteiger charge is 2.41. The molecule has 41 heavy (non-hydrogen) atoms. The second-order valence-electron chi connectivity index (χ2n) is 10.3. The smallest absolute Gasteiger partial charge is 0.226 e. The molecule has 1 aliphatic rings. The van der Waals surface area contributed by atoms with E-state index in [1.54, 1.807) is 6.20 Å². The number of pyridine rings is 1. The van der Waals surface area contributed by atoms with Gasteiger partial charge in [-0.2, -0.15) is 0 Å². The van der Waals surface area contributed by atoms with Crippen molar-refractivity contribution in [3.63, 3.8) is 0 Å². The lowest BCUT2D eigenvalue weighted by molar-refractivity contribution is -0.116. The van der Waals surface area contributed by atoms with Crippen molar-refractivity contribution in [3.05, 3.63) is 125 Å². The van der Waals surface area contributed by atoms with Crippen molar-refractivity contribution >= 4 is 51.3 Å². The van der Waals surface area contributed by atoms with Gasteiger partial charge < -0.3 is 20.1 Å². The molecule has 0 aliphatic carbocycles. The molecule has 0 radical (unpaired) electrons. The Bertz CT molecular complexity index is 1750. The normalized spacial score (nSPS) is 16.7. The van der Waals surface area contributed by atoms with Crippen LogP contribution in [0.25, 0.3) is 16.5 Å². The van der Waals surface area contributed by atoms with Crippen molar-refractivity contribution in [2.75, 3.05) is 11.9 Å². The maximum absolute atomic E-state index is 13.2. The minimum Gasteiger partial charge on any atom is -0.352 e. The van der Waals surface area contributed by atoms with Crippen LogP contribution in [-0.2, 0) is 4.79 Å². The molecule has 5 aromatic rings. The number of carbonyl (C=O) groups is 1. The third-order valence-corrected chi connectivity index (χ3v) is 8.28. The topological polar surface area (TPSA) is 62.2 Å². The van der Waals surface area contributed by atoms with Crippen LogP contribution in [0.4, 0.5) is 5.69 Å². The van der Waals surface area contributed by atoms with Crippen LogP contribution >= 0.6 is 23.8 Å². The molecule has 1 fully saturated rings. The van der Waals surface area contributed by atoms with Gasteiger partial charge in [0.15, 0.2) is 5.11 Å². The molecule has 0 spiro atoms.